The molecule has 1 amide bonds. The molecule has 0 saturated carbocycles. The first-order valence-electron chi connectivity index (χ1n) is 6.09. The van der Waals surface area contributed by atoms with E-state index in [4.69, 9.17) is 11.6 Å². The Balaban J connectivity index is 2.02. The molecular weight excluding hydrogens is 276 g/mol. The van der Waals surface area contributed by atoms with Gasteiger partial charge in [0.05, 0.1) is 6.54 Å². The van der Waals surface area contributed by atoms with Crippen molar-refractivity contribution in [1.29, 1.82) is 0 Å². The van der Waals surface area contributed by atoms with E-state index in [0.717, 1.165) is 5.82 Å². The van der Waals surface area contributed by atoms with Crippen LogP contribution in [0.2, 0.25) is 5.02 Å². The van der Waals surface area contributed by atoms with E-state index < -0.39 is 0 Å². The van der Waals surface area contributed by atoms with Gasteiger partial charge in [0.25, 0.3) is 5.91 Å². The highest BCUT2D eigenvalue weighted by Gasteiger charge is 2.07. The Bertz CT molecular complexity index is 616. The van der Waals surface area contributed by atoms with Gasteiger partial charge in [0.1, 0.15) is 11.6 Å². The van der Waals surface area contributed by atoms with Gasteiger partial charge in [-0.1, -0.05) is 17.7 Å². The van der Waals surface area contributed by atoms with Crippen LogP contribution in [0.15, 0.2) is 36.5 Å². The zero-order valence-electron chi connectivity index (χ0n) is 11.3. The number of amides is 1. The third-order valence-electron chi connectivity index (χ3n) is 2.64. The Hall–Kier alpha value is -2.14. The van der Waals surface area contributed by atoms with E-state index in [9.17, 15) is 4.79 Å². The minimum absolute atomic E-state index is 0.202. The zero-order chi connectivity index (χ0) is 14.5. The Morgan fingerprint density at radius 3 is 2.85 bits per heavy atom. The maximum Gasteiger partial charge on any atom is 0.251 e. The molecule has 2 aromatic rings. The fraction of sp³-hybridized carbons (Fsp3) is 0.214. The normalized spacial score (nSPS) is 10.2. The highest BCUT2D eigenvalue weighted by molar-refractivity contribution is 6.30. The minimum Gasteiger partial charge on any atom is -0.363 e. The number of rotatable bonds is 4. The van der Waals surface area contributed by atoms with E-state index in [-0.39, 0.29) is 12.5 Å². The lowest BCUT2D eigenvalue weighted by Crippen LogP contribution is -2.24. The van der Waals surface area contributed by atoms with Crippen molar-refractivity contribution in [2.45, 2.75) is 6.54 Å². The van der Waals surface area contributed by atoms with Crippen molar-refractivity contribution in [1.82, 2.24) is 15.3 Å². The summed E-state index contributed by atoms with van der Waals surface area (Å²) in [4.78, 5) is 22.3. The summed E-state index contributed by atoms with van der Waals surface area (Å²) in [6.07, 6.45) is 1.67. The largest absolute Gasteiger partial charge is 0.363 e. The summed E-state index contributed by atoms with van der Waals surface area (Å²) in [5.74, 6) is 1.16. The van der Waals surface area contributed by atoms with Gasteiger partial charge in [0, 0.05) is 30.9 Å². The third-order valence-corrected chi connectivity index (χ3v) is 2.88. The number of benzene rings is 1. The minimum atomic E-state index is -0.202. The molecule has 0 aliphatic heterocycles. The molecule has 0 fully saturated rings. The molecule has 2 rings (SSSR count). The van der Waals surface area contributed by atoms with Crippen molar-refractivity contribution >= 4 is 23.3 Å². The molecule has 0 aliphatic carbocycles. The van der Waals surface area contributed by atoms with Gasteiger partial charge in [-0.2, -0.15) is 0 Å². The van der Waals surface area contributed by atoms with Crippen LogP contribution in [-0.2, 0) is 6.54 Å². The van der Waals surface area contributed by atoms with Crippen LogP contribution in [0.4, 0.5) is 5.82 Å². The van der Waals surface area contributed by atoms with E-state index in [0.29, 0.717) is 16.4 Å². The van der Waals surface area contributed by atoms with Crippen LogP contribution in [-0.4, -0.2) is 30.0 Å². The molecule has 1 aromatic carbocycles. The van der Waals surface area contributed by atoms with Crippen LogP contribution in [0.25, 0.3) is 0 Å². The van der Waals surface area contributed by atoms with Crippen LogP contribution in [0.3, 0.4) is 0 Å². The summed E-state index contributed by atoms with van der Waals surface area (Å²) in [6.45, 7) is 0.271. The highest BCUT2D eigenvalue weighted by Crippen LogP contribution is 2.10. The predicted molar refractivity (Wildman–Crippen MR) is 79.0 cm³/mol. The van der Waals surface area contributed by atoms with E-state index in [1.54, 1.807) is 30.5 Å². The highest BCUT2D eigenvalue weighted by atomic mass is 35.5. The van der Waals surface area contributed by atoms with E-state index in [1.807, 2.05) is 25.1 Å². The number of hydrogen-bond donors (Lipinski definition) is 1. The lowest BCUT2D eigenvalue weighted by Gasteiger charge is -2.11. The van der Waals surface area contributed by atoms with Gasteiger partial charge >= 0.3 is 0 Å². The van der Waals surface area contributed by atoms with Crippen molar-refractivity contribution in [3.63, 3.8) is 0 Å². The maximum atomic E-state index is 12.0. The molecule has 0 bridgehead atoms. The van der Waals surface area contributed by atoms with Crippen LogP contribution >= 0.6 is 11.6 Å². The second-order valence-corrected chi connectivity index (χ2v) is 4.85. The fourth-order valence-corrected chi connectivity index (χ4v) is 1.80. The van der Waals surface area contributed by atoms with Crippen LogP contribution < -0.4 is 10.2 Å². The molecule has 1 aromatic heterocycles. The third kappa shape index (κ3) is 3.68. The van der Waals surface area contributed by atoms with Gasteiger partial charge in [0.2, 0.25) is 0 Å². The van der Waals surface area contributed by atoms with Crippen molar-refractivity contribution < 1.29 is 4.79 Å². The van der Waals surface area contributed by atoms with E-state index >= 15 is 0 Å². The first-order chi connectivity index (χ1) is 9.56. The fourth-order valence-electron chi connectivity index (χ4n) is 1.61. The average molecular weight is 291 g/mol. The monoisotopic (exact) mass is 290 g/mol. The van der Waals surface area contributed by atoms with Crippen molar-refractivity contribution in [3.8, 4) is 0 Å². The second kappa shape index (κ2) is 6.34. The molecule has 6 heteroatoms. The second-order valence-electron chi connectivity index (χ2n) is 4.42. The van der Waals surface area contributed by atoms with Gasteiger partial charge < -0.3 is 10.2 Å². The molecule has 0 saturated heterocycles. The van der Waals surface area contributed by atoms with Crippen molar-refractivity contribution in [2.24, 2.45) is 0 Å². The van der Waals surface area contributed by atoms with Gasteiger partial charge in [0.15, 0.2) is 0 Å². The quantitative estimate of drug-likeness (QED) is 0.937. The topological polar surface area (TPSA) is 58.1 Å². The van der Waals surface area contributed by atoms with Gasteiger partial charge in [-0.15, -0.1) is 0 Å². The van der Waals surface area contributed by atoms with Crippen LogP contribution in [0, 0.1) is 0 Å². The molecule has 20 heavy (non-hydrogen) atoms. The first kappa shape index (κ1) is 14.3. The summed E-state index contributed by atoms with van der Waals surface area (Å²) in [6, 6.07) is 8.59. The molecule has 1 N–H and O–H groups in total. The van der Waals surface area contributed by atoms with Crippen LogP contribution in [0.1, 0.15) is 16.2 Å². The summed E-state index contributed by atoms with van der Waals surface area (Å²) >= 11 is 5.85. The van der Waals surface area contributed by atoms with Gasteiger partial charge in [-0.3, -0.25) is 4.79 Å². The molecule has 0 atom stereocenters. The van der Waals surface area contributed by atoms with Crippen molar-refractivity contribution in [3.05, 3.63) is 52.9 Å². The molecule has 5 nitrogen and oxygen atoms in total. The molecule has 0 aliphatic rings. The number of nitrogens with one attached hydrogen (secondary N) is 1. The van der Waals surface area contributed by atoms with Crippen LogP contribution in [0.5, 0.6) is 0 Å². The summed E-state index contributed by atoms with van der Waals surface area (Å²) in [5, 5.41) is 3.30. The summed E-state index contributed by atoms with van der Waals surface area (Å²) < 4.78 is 0. The summed E-state index contributed by atoms with van der Waals surface area (Å²) in [7, 11) is 3.80. The Kier molecular flexibility index (Phi) is 4.53. The number of halogens is 1. The number of anilines is 1. The van der Waals surface area contributed by atoms with Gasteiger partial charge in [-0.05, 0) is 24.3 Å². The standard InChI is InChI=1S/C14H15ClN4O/c1-19(2)13-6-7-16-12(18-13)9-17-14(20)10-4-3-5-11(15)8-10/h3-8H,9H2,1-2H3,(H,17,20). The molecule has 0 unspecified atom stereocenters. The molecule has 104 valence electrons. The van der Waals surface area contributed by atoms with E-state index in [1.165, 1.54) is 0 Å². The predicted octanol–water partition coefficient (Wildman–Crippen LogP) is 2.13. The Morgan fingerprint density at radius 2 is 2.15 bits per heavy atom. The lowest BCUT2D eigenvalue weighted by molar-refractivity contribution is 0.0950. The molecule has 0 radical (unpaired) electrons. The SMILES string of the molecule is CN(C)c1ccnc(CNC(=O)c2cccc(Cl)c2)n1. The Morgan fingerprint density at radius 1 is 1.35 bits per heavy atom. The first-order valence-corrected chi connectivity index (χ1v) is 6.47. The lowest BCUT2D eigenvalue weighted by atomic mass is 10.2. The zero-order valence-corrected chi connectivity index (χ0v) is 12.1. The number of aromatic nitrogens is 2. The van der Waals surface area contributed by atoms with Crippen molar-refractivity contribution in [2.75, 3.05) is 19.0 Å². The maximum absolute atomic E-state index is 12.0. The van der Waals surface area contributed by atoms with E-state index in [2.05, 4.69) is 15.3 Å². The number of carbonyl (C=O) groups is 1. The van der Waals surface area contributed by atoms with Gasteiger partial charge in [-0.25, -0.2) is 9.97 Å². The summed E-state index contributed by atoms with van der Waals surface area (Å²) in [5.41, 5.74) is 0.515. The number of nitrogens with zero attached hydrogens (tertiary/aromatic N) is 3. The smallest absolute Gasteiger partial charge is 0.251 e. The molecule has 1 heterocycles. The molecular formula is C14H15ClN4O. The average Bonchev–Trinajstić information content (AvgIpc) is 2.45. The molecule has 0 spiro atoms. The number of hydrogen-bond acceptors (Lipinski definition) is 4. The Labute approximate surface area is 122 Å². The number of carbonyl (C=O) groups excluding carboxylic acids is 1.